The lowest BCUT2D eigenvalue weighted by atomic mass is 9.93. The van der Waals surface area contributed by atoms with Crippen LogP contribution in [0.3, 0.4) is 0 Å². The lowest BCUT2D eigenvalue weighted by Crippen LogP contribution is -2.21. The number of hydrogen-bond acceptors (Lipinski definition) is 3. The molecule has 0 aliphatic rings. The van der Waals surface area contributed by atoms with Crippen molar-refractivity contribution in [3.05, 3.63) is 71.1 Å². The average molecular weight is 386 g/mol. The highest BCUT2D eigenvalue weighted by atomic mass is 19.2. The molecule has 0 spiro atoms. The zero-order chi connectivity index (χ0) is 20.3. The van der Waals surface area contributed by atoms with Crippen molar-refractivity contribution in [3.8, 4) is 11.5 Å². The van der Waals surface area contributed by atoms with Crippen LogP contribution >= 0.6 is 0 Å². The Kier molecular flexibility index (Phi) is 6.20. The molecule has 0 aliphatic heterocycles. The molecular weight excluding hydrogens is 371 g/mol. The monoisotopic (exact) mass is 386 g/mol. The van der Waals surface area contributed by atoms with Gasteiger partial charge in [-0.3, -0.25) is 4.79 Å². The predicted octanol–water partition coefficient (Wildman–Crippen LogP) is 5.05. The third-order valence-electron chi connectivity index (χ3n) is 3.73. The normalized spacial score (nSPS) is 11.8. The minimum Gasteiger partial charge on any atom is -0.497 e. The van der Waals surface area contributed by atoms with Crippen molar-refractivity contribution >= 4 is 5.97 Å². The number of allylic oxidation sites excluding steroid dienone is 1. The van der Waals surface area contributed by atoms with Gasteiger partial charge in [-0.15, -0.1) is 6.58 Å². The van der Waals surface area contributed by atoms with E-state index in [4.69, 9.17) is 4.74 Å². The third kappa shape index (κ3) is 4.27. The summed E-state index contributed by atoms with van der Waals surface area (Å²) in [7, 11) is 1.44. The fraction of sp³-hybridized carbons (Fsp3) is 0.211. The lowest BCUT2D eigenvalue weighted by molar-refractivity contribution is -0.136. The summed E-state index contributed by atoms with van der Waals surface area (Å²) in [6, 6.07) is 6.14. The van der Waals surface area contributed by atoms with E-state index in [-0.39, 0.29) is 6.42 Å². The summed E-state index contributed by atoms with van der Waals surface area (Å²) in [4.78, 5) is 12.4. The van der Waals surface area contributed by atoms with Gasteiger partial charge >= 0.3 is 5.97 Å². The number of esters is 1. The maximum absolute atomic E-state index is 13.8. The summed E-state index contributed by atoms with van der Waals surface area (Å²) in [5.41, 5.74) is 0.942. The van der Waals surface area contributed by atoms with Gasteiger partial charge in [0.15, 0.2) is 0 Å². The maximum Gasteiger partial charge on any atom is 0.319 e. The van der Waals surface area contributed by atoms with Crippen molar-refractivity contribution < 1.29 is 36.2 Å². The van der Waals surface area contributed by atoms with Gasteiger partial charge in [0.25, 0.3) is 0 Å². The van der Waals surface area contributed by atoms with Gasteiger partial charge in [-0.05, 0) is 31.0 Å². The van der Waals surface area contributed by atoms with Crippen molar-refractivity contribution in [2.45, 2.75) is 19.3 Å². The molecule has 0 saturated heterocycles. The van der Waals surface area contributed by atoms with Gasteiger partial charge in [-0.25, -0.2) is 13.2 Å². The molecule has 0 aliphatic carbocycles. The van der Waals surface area contributed by atoms with E-state index in [1.165, 1.54) is 19.2 Å². The summed E-state index contributed by atoms with van der Waals surface area (Å²) in [6.45, 7) is 5.28. The van der Waals surface area contributed by atoms with Crippen LogP contribution in [0.4, 0.5) is 22.0 Å². The van der Waals surface area contributed by atoms with Gasteiger partial charge in [0.2, 0.25) is 34.8 Å². The minimum atomic E-state index is -2.33. The fourth-order valence-electron chi connectivity index (χ4n) is 2.37. The van der Waals surface area contributed by atoms with Crippen LogP contribution in [-0.4, -0.2) is 13.1 Å². The van der Waals surface area contributed by atoms with Gasteiger partial charge in [0, 0.05) is 0 Å². The van der Waals surface area contributed by atoms with E-state index in [1.54, 1.807) is 19.1 Å². The summed E-state index contributed by atoms with van der Waals surface area (Å²) in [5, 5.41) is 0. The standard InChI is InChI=1S/C19H15F5O3/c1-9(2)8-12(10-4-6-11(26-3)7-5-10)19(25)27-18-16(23)14(21)13(20)15(22)17(18)24/h4-7,12H,1,8H2,2-3H3/t12-/m0/s1. The summed E-state index contributed by atoms with van der Waals surface area (Å²) >= 11 is 0. The Balaban J connectivity index is 2.41. The van der Waals surface area contributed by atoms with Crippen LogP contribution in [0.2, 0.25) is 0 Å². The molecule has 0 radical (unpaired) electrons. The molecule has 0 saturated carbocycles. The Morgan fingerprint density at radius 3 is 1.89 bits per heavy atom. The molecule has 0 unspecified atom stereocenters. The Labute approximate surface area is 152 Å². The number of carbonyl (C=O) groups is 1. The van der Waals surface area contributed by atoms with E-state index in [0.717, 1.165) is 0 Å². The van der Waals surface area contributed by atoms with Crippen LogP contribution in [0.25, 0.3) is 0 Å². The summed E-state index contributed by atoms with van der Waals surface area (Å²) < 4.78 is 76.8. The number of ether oxygens (including phenoxy) is 2. The molecule has 1 atom stereocenters. The number of rotatable bonds is 6. The Morgan fingerprint density at radius 2 is 1.44 bits per heavy atom. The van der Waals surface area contributed by atoms with Crippen LogP contribution in [-0.2, 0) is 4.79 Å². The van der Waals surface area contributed by atoms with Crippen molar-refractivity contribution in [1.82, 2.24) is 0 Å². The van der Waals surface area contributed by atoms with Crippen LogP contribution < -0.4 is 9.47 Å². The molecule has 2 aromatic carbocycles. The lowest BCUT2D eigenvalue weighted by Gasteiger charge is -2.17. The van der Waals surface area contributed by atoms with Crippen LogP contribution in [0.15, 0.2) is 36.4 Å². The topological polar surface area (TPSA) is 35.5 Å². The molecule has 8 heteroatoms. The fourth-order valence-corrected chi connectivity index (χ4v) is 2.37. The molecule has 2 rings (SSSR count). The van der Waals surface area contributed by atoms with Gasteiger partial charge < -0.3 is 9.47 Å². The van der Waals surface area contributed by atoms with E-state index in [9.17, 15) is 26.7 Å². The molecule has 144 valence electrons. The van der Waals surface area contributed by atoms with Crippen molar-refractivity contribution in [1.29, 1.82) is 0 Å². The quantitative estimate of drug-likeness (QED) is 0.174. The second kappa shape index (κ2) is 8.20. The minimum absolute atomic E-state index is 0.0422. The van der Waals surface area contributed by atoms with Gasteiger partial charge in [0.05, 0.1) is 13.0 Å². The van der Waals surface area contributed by atoms with Crippen molar-refractivity contribution in [2.24, 2.45) is 0 Å². The Bertz CT molecular complexity index is 849. The number of methoxy groups -OCH3 is 1. The molecule has 0 N–H and O–H groups in total. The van der Waals surface area contributed by atoms with Crippen LogP contribution in [0, 0.1) is 29.1 Å². The van der Waals surface area contributed by atoms with E-state index in [1.807, 2.05) is 0 Å². The second-order valence-corrected chi connectivity index (χ2v) is 5.81. The molecule has 0 heterocycles. The van der Waals surface area contributed by atoms with Crippen molar-refractivity contribution in [2.75, 3.05) is 7.11 Å². The molecule has 2 aromatic rings. The molecule has 27 heavy (non-hydrogen) atoms. The van der Waals surface area contributed by atoms with Crippen molar-refractivity contribution in [3.63, 3.8) is 0 Å². The van der Waals surface area contributed by atoms with Gasteiger partial charge in [0.1, 0.15) is 5.75 Å². The largest absolute Gasteiger partial charge is 0.497 e. The highest BCUT2D eigenvalue weighted by molar-refractivity contribution is 5.81. The van der Waals surface area contributed by atoms with E-state index in [2.05, 4.69) is 11.3 Å². The van der Waals surface area contributed by atoms with Gasteiger partial charge in [-0.1, -0.05) is 17.7 Å². The summed E-state index contributed by atoms with van der Waals surface area (Å²) in [5.74, 6) is -14.6. The zero-order valence-electron chi connectivity index (χ0n) is 14.4. The first-order valence-corrected chi connectivity index (χ1v) is 7.68. The first kappa shape index (κ1) is 20.4. The molecule has 0 amide bonds. The highest BCUT2D eigenvalue weighted by Gasteiger charge is 2.31. The van der Waals surface area contributed by atoms with E-state index < -0.39 is 46.7 Å². The smallest absolute Gasteiger partial charge is 0.319 e. The van der Waals surface area contributed by atoms with Crippen LogP contribution in [0.5, 0.6) is 11.5 Å². The highest BCUT2D eigenvalue weighted by Crippen LogP contribution is 2.32. The SMILES string of the molecule is C=C(C)C[C@H](C(=O)Oc1c(F)c(F)c(F)c(F)c1F)c1ccc(OC)cc1. The number of benzene rings is 2. The predicted molar refractivity (Wildman–Crippen MR) is 87.0 cm³/mol. The van der Waals surface area contributed by atoms with E-state index >= 15 is 0 Å². The van der Waals surface area contributed by atoms with Crippen LogP contribution in [0.1, 0.15) is 24.8 Å². The molecule has 0 aromatic heterocycles. The Morgan fingerprint density at radius 1 is 0.963 bits per heavy atom. The number of halogens is 5. The average Bonchev–Trinajstić information content (AvgIpc) is 2.66. The molecular formula is C19H15F5O3. The zero-order valence-corrected chi connectivity index (χ0v) is 14.4. The number of hydrogen-bond donors (Lipinski definition) is 0. The molecule has 0 bridgehead atoms. The molecule has 3 nitrogen and oxygen atoms in total. The van der Waals surface area contributed by atoms with E-state index in [0.29, 0.717) is 16.9 Å². The second-order valence-electron chi connectivity index (χ2n) is 5.81. The maximum atomic E-state index is 13.8. The van der Waals surface area contributed by atoms with Gasteiger partial charge in [-0.2, -0.15) is 8.78 Å². The summed E-state index contributed by atoms with van der Waals surface area (Å²) in [6.07, 6.45) is 0.0422. The first-order chi connectivity index (χ1) is 12.7. The first-order valence-electron chi connectivity index (χ1n) is 7.68. The Hall–Kier alpha value is -2.90. The third-order valence-corrected chi connectivity index (χ3v) is 3.73. The molecule has 0 fully saturated rings. The number of carbonyl (C=O) groups excluding carboxylic acids is 1.